The van der Waals surface area contributed by atoms with Crippen LogP contribution in [0.1, 0.15) is 31.4 Å². The number of nitrogens with zero attached hydrogens (tertiary/aromatic N) is 6. The Morgan fingerprint density at radius 1 is 1.21 bits per heavy atom. The fraction of sp³-hybridized carbons (Fsp3) is 0.522. The molecule has 2 atom stereocenters. The van der Waals surface area contributed by atoms with Crippen molar-refractivity contribution in [1.82, 2.24) is 24.6 Å². The predicted molar refractivity (Wildman–Crippen MR) is 132 cm³/mol. The number of benzene rings is 1. The molecule has 4 heterocycles. The Morgan fingerprint density at radius 2 is 2.03 bits per heavy atom. The molecule has 5 rings (SSSR count). The lowest BCUT2D eigenvalue weighted by molar-refractivity contribution is 0.101. The Morgan fingerprint density at radius 3 is 2.79 bits per heavy atom. The number of aromatic nitrogens is 4. The van der Waals surface area contributed by atoms with Crippen LogP contribution >= 0.6 is 23.2 Å². The molecule has 0 radical (unpaired) electrons. The van der Waals surface area contributed by atoms with E-state index >= 15 is 0 Å². The second kappa shape index (κ2) is 9.25. The van der Waals surface area contributed by atoms with Gasteiger partial charge in [-0.3, -0.25) is 0 Å². The highest BCUT2D eigenvalue weighted by atomic mass is 35.5. The van der Waals surface area contributed by atoms with E-state index in [1.165, 1.54) is 12.8 Å². The first-order chi connectivity index (χ1) is 15.9. The van der Waals surface area contributed by atoms with Crippen LogP contribution in [0.15, 0.2) is 24.4 Å². The first-order valence-corrected chi connectivity index (χ1v) is 12.2. The molecule has 10 heteroatoms. The Bertz CT molecular complexity index is 1150. The maximum Gasteiger partial charge on any atom is 0.181 e. The smallest absolute Gasteiger partial charge is 0.181 e. The Labute approximate surface area is 203 Å². The number of fused-ring (bicyclic) bond motifs is 1. The number of aliphatic hydroxyl groups excluding tert-OH is 1. The number of rotatable bonds is 6. The SMILES string of the molecule is C[C@H](c1ccc(Cl)cc1Cl)n1nc(N)c2ncc(N3CC([C@H]4CCCN(CCO)C4)C3)nc21. The van der Waals surface area contributed by atoms with Crippen molar-refractivity contribution in [1.29, 1.82) is 0 Å². The average Bonchev–Trinajstić information content (AvgIpc) is 3.09. The molecular weight excluding hydrogens is 461 g/mol. The van der Waals surface area contributed by atoms with E-state index in [1.807, 2.05) is 19.1 Å². The number of aliphatic hydroxyl groups is 1. The van der Waals surface area contributed by atoms with Crippen molar-refractivity contribution in [2.75, 3.05) is 50.0 Å². The van der Waals surface area contributed by atoms with Crippen LogP contribution < -0.4 is 10.6 Å². The quantitative estimate of drug-likeness (QED) is 0.546. The minimum atomic E-state index is -0.178. The van der Waals surface area contributed by atoms with Gasteiger partial charge in [0, 0.05) is 36.2 Å². The van der Waals surface area contributed by atoms with Crippen molar-refractivity contribution in [2.45, 2.75) is 25.8 Å². The largest absolute Gasteiger partial charge is 0.395 e. The monoisotopic (exact) mass is 489 g/mol. The zero-order valence-electron chi connectivity index (χ0n) is 18.7. The molecule has 33 heavy (non-hydrogen) atoms. The number of β-amino-alcohol motifs (C(OH)–C–C–N with tert-alkyl or cyclic N) is 1. The van der Waals surface area contributed by atoms with Crippen molar-refractivity contribution in [3.05, 3.63) is 40.0 Å². The van der Waals surface area contributed by atoms with Crippen molar-refractivity contribution in [3.8, 4) is 0 Å². The molecule has 2 aliphatic heterocycles. The van der Waals surface area contributed by atoms with Gasteiger partial charge in [0.05, 0.1) is 18.8 Å². The summed E-state index contributed by atoms with van der Waals surface area (Å²) in [7, 11) is 0. The molecule has 0 unspecified atom stereocenters. The standard InChI is InChI=1S/C23H29Cl2N7O/c1-14(18-5-4-17(24)9-19(18)25)32-23-21(22(26)29-32)27-10-20(28-23)31-12-16(13-31)15-3-2-6-30(11-15)7-8-33/h4-5,9-10,14-16,33H,2-3,6-8,11-13H2,1H3,(H2,26,29)/t14-,15+/m1/s1. The van der Waals surface area contributed by atoms with Crippen LogP contribution in [-0.2, 0) is 0 Å². The predicted octanol–water partition coefficient (Wildman–Crippen LogP) is 3.47. The third-order valence-corrected chi connectivity index (χ3v) is 7.62. The van der Waals surface area contributed by atoms with E-state index in [0.717, 1.165) is 44.1 Å². The normalized spacial score (nSPS) is 20.8. The van der Waals surface area contributed by atoms with Gasteiger partial charge >= 0.3 is 0 Å². The van der Waals surface area contributed by atoms with Gasteiger partial charge < -0.3 is 20.6 Å². The summed E-state index contributed by atoms with van der Waals surface area (Å²) < 4.78 is 1.79. The third-order valence-electron chi connectivity index (χ3n) is 7.05. The molecule has 2 saturated heterocycles. The minimum absolute atomic E-state index is 0.178. The molecule has 1 aromatic carbocycles. The van der Waals surface area contributed by atoms with Gasteiger partial charge in [0.1, 0.15) is 5.82 Å². The number of anilines is 2. The molecule has 0 aliphatic carbocycles. The molecule has 3 aromatic rings. The van der Waals surface area contributed by atoms with Crippen molar-refractivity contribution >= 4 is 46.0 Å². The summed E-state index contributed by atoms with van der Waals surface area (Å²) in [6, 6.07) is 5.27. The molecule has 2 aliphatic rings. The van der Waals surface area contributed by atoms with Crippen LogP contribution in [0.25, 0.3) is 11.2 Å². The number of piperidine rings is 1. The van der Waals surface area contributed by atoms with E-state index < -0.39 is 0 Å². The van der Waals surface area contributed by atoms with Gasteiger partial charge in [0.15, 0.2) is 17.0 Å². The molecule has 8 nitrogen and oxygen atoms in total. The van der Waals surface area contributed by atoms with Gasteiger partial charge in [-0.1, -0.05) is 29.3 Å². The lowest BCUT2D eigenvalue weighted by Crippen LogP contribution is -2.54. The Balaban J connectivity index is 1.35. The molecular formula is C23H29Cl2N7O. The number of hydrogen-bond acceptors (Lipinski definition) is 7. The lowest BCUT2D eigenvalue weighted by atomic mass is 9.80. The number of hydrogen-bond donors (Lipinski definition) is 2. The number of halogens is 2. The summed E-state index contributed by atoms with van der Waals surface area (Å²) in [5, 5.41) is 15.0. The summed E-state index contributed by atoms with van der Waals surface area (Å²) in [4.78, 5) is 14.2. The lowest BCUT2D eigenvalue weighted by Gasteiger charge is -2.47. The zero-order chi connectivity index (χ0) is 23.1. The maximum absolute atomic E-state index is 9.26. The topological polar surface area (TPSA) is 96.3 Å². The van der Waals surface area contributed by atoms with Gasteiger partial charge in [-0.05, 0) is 55.8 Å². The number of nitrogens with two attached hydrogens (primary N) is 1. The van der Waals surface area contributed by atoms with Gasteiger partial charge in [-0.25, -0.2) is 14.6 Å². The first kappa shape index (κ1) is 22.7. The van der Waals surface area contributed by atoms with Crippen molar-refractivity contribution in [3.63, 3.8) is 0 Å². The first-order valence-electron chi connectivity index (χ1n) is 11.5. The molecule has 2 aromatic heterocycles. The summed E-state index contributed by atoms with van der Waals surface area (Å²) in [5.41, 5.74) is 8.30. The molecule has 0 bridgehead atoms. The molecule has 2 fully saturated rings. The summed E-state index contributed by atoms with van der Waals surface area (Å²) in [6.45, 7) is 7.13. The Kier molecular flexibility index (Phi) is 6.35. The minimum Gasteiger partial charge on any atom is -0.395 e. The van der Waals surface area contributed by atoms with Crippen molar-refractivity contribution < 1.29 is 5.11 Å². The Hall–Kier alpha value is -2.13. The average molecular weight is 490 g/mol. The fourth-order valence-electron chi connectivity index (χ4n) is 5.13. The highest BCUT2D eigenvalue weighted by Crippen LogP contribution is 2.35. The molecule has 0 saturated carbocycles. The van der Waals surface area contributed by atoms with E-state index in [-0.39, 0.29) is 12.6 Å². The zero-order valence-corrected chi connectivity index (χ0v) is 20.2. The van der Waals surface area contributed by atoms with Gasteiger partial charge in [-0.15, -0.1) is 0 Å². The highest BCUT2D eigenvalue weighted by Gasteiger charge is 2.36. The third kappa shape index (κ3) is 4.37. The molecule has 0 amide bonds. The number of likely N-dealkylation sites (tertiary alicyclic amines) is 1. The van der Waals surface area contributed by atoms with Gasteiger partial charge in [-0.2, -0.15) is 5.10 Å². The van der Waals surface area contributed by atoms with E-state index in [0.29, 0.717) is 38.9 Å². The van der Waals surface area contributed by atoms with Crippen LogP contribution in [0.2, 0.25) is 10.0 Å². The van der Waals surface area contributed by atoms with E-state index in [9.17, 15) is 5.11 Å². The van der Waals surface area contributed by atoms with Crippen molar-refractivity contribution in [2.24, 2.45) is 11.8 Å². The highest BCUT2D eigenvalue weighted by molar-refractivity contribution is 6.35. The van der Waals surface area contributed by atoms with Crippen LogP contribution in [0, 0.1) is 11.8 Å². The van der Waals surface area contributed by atoms with Gasteiger partial charge in [0.2, 0.25) is 0 Å². The van der Waals surface area contributed by atoms with Crippen LogP contribution in [0.4, 0.5) is 11.6 Å². The van der Waals surface area contributed by atoms with Crippen LogP contribution in [0.3, 0.4) is 0 Å². The second-order valence-electron chi connectivity index (χ2n) is 9.16. The molecule has 0 spiro atoms. The van der Waals surface area contributed by atoms with E-state index in [4.69, 9.17) is 33.9 Å². The summed E-state index contributed by atoms with van der Waals surface area (Å²) >= 11 is 12.5. The fourth-order valence-corrected chi connectivity index (χ4v) is 5.70. The van der Waals surface area contributed by atoms with E-state index in [1.54, 1.807) is 16.9 Å². The molecule has 176 valence electrons. The van der Waals surface area contributed by atoms with Crippen LogP contribution in [0.5, 0.6) is 0 Å². The summed E-state index contributed by atoms with van der Waals surface area (Å²) in [6.07, 6.45) is 4.25. The number of nitrogen functional groups attached to an aromatic ring is 1. The molecule has 3 N–H and O–H groups in total. The van der Waals surface area contributed by atoms with Gasteiger partial charge in [0.25, 0.3) is 0 Å². The second-order valence-corrected chi connectivity index (χ2v) is 10.0. The summed E-state index contributed by atoms with van der Waals surface area (Å²) in [5.74, 6) is 2.52. The van der Waals surface area contributed by atoms with E-state index in [2.05, 4.69) is 19.9 Å². The van der Waals surface area contributed by atoms with Crippen LogP contribution in [-0.4, -0.2) is 69.1 Å². The maximum atomic E-state index is 9.26.